The Morgan fingerprint density at radius 2 is 2.21 bits per heavy atom. The zero-order valence-corrected chi connectivity index (χ0v) is 9.67. The number of rotatable bonds is 4. The summed E-state index contributed by atoms with van der Waals surface area (Å²) in [6.45, 7) is 0.100. The number of oxazole rings is 1. The maximum Gasteiger partial charge on any atom is 0.417 e. The Kier molecular flexibility index (Phi) is 3.34. The number of nitrogens with two attached hydrogens (primary N) is 1. The lowest BCUT2D eigenvalue weighted by Gasteiger charge is -2.08. The van der Waals surface area contributed by atoms with E-state index >= 15 is 0 Å². The molecule has 0 radical (unpaired) electrons. The lowest BCUT2D eigenvalue weighted by Crippen LogP contribution is -2.45. The standard InChI is InChI=1S/C11H11N3O5/c12-8(10(16)17)9(15)13-4-5-1-2-7-6(3-5)14-11(18)19-7/h1-3,8H,4,12H2,(H,13,15)(H,14,18)(H,16,17). The topological polar surface area (TPSA) is 138 Å². The third kappa shape index (κ3) is 2.80. The molecule has 0 aliphatic rings. The van der Waals surface area contributed by atoms with E-state index in [1.807, 2.05) is 0 Å². The Balaban J connectivity index is 2.07. The smallest absolute Gasteiger partial charge is 0.417 e. The van der Waals surface area contributed by atoms with Gasteiger partial charge in [-0.3, -0.25) is 9.78 Å². The molecule has 1 atom stereocenters. The molecule has 19 heavy (non-hydrogen) atoms. The SMILES string of the molecule is NC(C(=O)O)C(=O)NCc1ccc2oc(=O)[nH]c2c1. The Hall–Kier alpha value is -2.61. The monoisotopic (exact) mass is 265 g/mol. The molecule has 0 fully saturated rings. The second-order valence-electron chi connectivity index (χ2n) is 3.88. The van der Waals surface area contributed by atoms with Gasteiger partial charge in [-0.25, -0.2) is 9.59 Å². The van der Waals surface area contributed by atoms with Crippen molar-refractivity contribution in [2.45, 2.75) is 12.6 Å². The second kappa shape index (κ2) is 4.94. The average Bonchev–Trinajstić information content (AvgIpc) is 2.74. The molecule has 0 saturated carbocycles. The van der Waals surface area contributed by atoms with Crippen molar-refractivity contribution in [3.63, 3.8) is 0 Å². The number of H-pyrrole nitrogens is 1. The summed E-state index contributed by atoms with van der Waals surface area (Å²) in [5.41, 5.74) is 6.72. The Morgan fingerprint density at radius 1 is 1.47 bits per heavy atom. The summed E-state index contributed by atoms with van der Waals surface area (Å²) < 4.78 is 4.82. The van der Waals surface area contributed by atoms with Crippen molar-refractivity contribution in [1.82, 2.24) is 10.3 Å². The highest BCUT2D eigenvalue weighted by molar-refractivity contribution is 6.00. The fraction of sp³-hybridized carbons (Fsp3) is 0.182. The van der Waals surface area contributed by atoms with E-state index in [0.29, 0.717) is 16.7 Å². The maximum absolute atomic E-state index is 11.3. The number of fused-ring (bicyclic) bond motifs is 1. The maximum atomic E-state index is 11.3. The highest BCUT2D eigenvalue weighted by atomic mass is 16.4. The van der Waals surface area contributed by atoms with Gasteiger partial charge in [-0.05, 0) is 17.7 Å². The van der Waals surface area contributed by atoms with Crippen molar-refractivity contribution in [2.24, 2.45) is 5.73 Å². The first kappa shape index (κ1) is 12.8. The first-order chi connectivity index (χ1) is 8.97. The summed E-state index contributed by atoms with van der Waals surface area (Å²) in [5.74, 6) is -2.75. The van der Waals surface area contributed by atoms with Gasteiger partial charge >= 0.3 is 11.7 Å². The molecule has 100 valence electrons. The molecule has 0 aliphatic heterocycles. The van der Waals surface area contributed by atoms with E-state index in [-0.39, 0.29) is 6.54 Å². The molecule has 8 heteroatoms. The highest BCUT2D eigenvalue weighted by Crippen LogP contribution is 2.11. The van der Waals surface area contributed by atoms with Gasteiger partial charge in [0.2, 0.25) is 5.91 Å². The van der Waals surface area contributed by atoms with E-state index < -0.39 is 23.7 Å². The van der Waals surface area contributed by atoms with Crippen molar-refractivity contribution < 1.29 is 19.1 Å². The van der Waals surface area contributed by atoms with Crippen LogP contribution in [0.3, 0.4) is 0 Å². The van der Waals surface area contributed by atoms with Crippen LogP contribution in [0.25, 0.3) is 11.1 Å². The highest BCUT2D eigenvalue weighted by Gasteiger charge is 2.20. The molecule has 0 aliphatic carbocycles. The van der Waals surface area contributed by atoms with Crippen LogP contribution in [-0.2, 0) is 16.1 Å². The fourth-order valence-electron chi connectivity index (χ4n) is 1.52. The van der Waals surface area contributed by atoms with E-state index in [2.05, 4.69) is 10.3 Å². The van der Waals surface area contributed by atoms with Crippen molar-refractivity contribution >= 4 is 23.0 Å². The zero-order chi connectivity index (χ0) is 14.0. The lowest BCUT2D eigenvalue weighted by molar-refractivity contribution is -0.142. The van der Waals surface area contributed by atoms with E-state index in [4.69, 9.17) is 15.3 Å². The largest absolute Gasteiger partial charge is 0.480 e. The van der Waals surface area contributed by atoms with E-state index in [9.17, 15) is 14.4 Å². The number of aromatic amines is 1. The number of amides is 1. The van der Waals surface area contributed by atoms with Crippen molar-refractivity contribution in [1.29, 1.82) is 0 Å². The van der Waals surface area contributed by atoms with Crippen LogP contribution in [0.1, 0.15) is 5.56 Å². The predicted octanol–water partition coefficient (Wildman–Crippen LogP) is -0.851. The molecule has 0 bridgehead atoms. The van der Waals surface area contributed by atoms with Crippen LogP contribution in [0.2, 0.25) is 0 Å². The molecular weight excluding hydrogens is 254 g/mol. The van der Waals surface area contributed by atoms with Gasteiger partial charge in [0.25, 0.3) is 0 Å². The van der Waals surface area contributed by atoms with Crippen LogP contribution >= 0.6 is 0 Å². The number of carboxylic acids is 1. The van der Waals surface area contributed by atoms with Gasteiger partial charge in [0, 0.05) is 6.54 Å². The molecule has 1 amide bonds. The molecule has 0 saturated heterocycles. The zero-order valence-electron chi connectivity index (χ0n) is 9.67. The predicted molar refractivity (Wildman–Crippen MR) is 64.3 cm³/mol. The third-order valence-electron chi connectivity index (χ3n) is 2.50. The summed E-state index contributed by atoms with van der Waals surface area (Å²) in [4.78, 5) is 35.3. The van der Waals surface area contributed by atoms with Crippen LogP contribution in [-0.4, -0.2) is 28.0 Å². The molecule has 5 N–H and O–H groups in total. The Morgan fingerprint density at radius 3 is 2.89 bits per heavy atom. The molecule has 1 heterocycles. The molecular formula is C11H11N3O5. The van der Waals surface area contributed by atoms with Crippen molar-refractivity contribution in [3.8, 4) is 0 Å². The quantitative estimate of drug-likeness (QED) is 0.531. The van der Waals surface area contributed by atoms with Gasteiger partial charge < -0.3 is 20.6 Å². The minimum Gasteiger partial charge on any atom is -0.480 e. The summed E-state index contributed by atoms with van der Waals surface area (Å²) >= 11 is 0. The average molecular weight is 265 g/mol. The van der Waals surface area contributed by atoms with Gasteiger partial charge in [-0.15, -0.1) is 0 Å². The molecule has 2 aromatic rings. The van der Waals surface area contributed by atoms with Crippen molar-refractivity contribution in [2.75, 3.05) is 0 Å². The number of hydrogen-bond donors (Lipinski definition) is 4. The molecule has 2 rings (SSSR count). The van der Waals surface area contributed by atoms with Crippen LogP contribution in [0.5, 0.6) is 0 Å². The lowest BCUT2D eigenvalue weighted by atomic mass is 10.2. The van der Waals surface area contributed by atoms with Gasteiger partial charge in [0.15, 0.2) is 11.6 Å². The number of aliphatic carboxylic acids is 1. The Labute approximate surface area is 106 Å². The van der Waals surface area contributed by atoms with Crippen LogP contribution in [0.15, 0.2) is 27.4 Å². The van der Waals surface area contributed by atoms with Gasteiger partial charge in [-0.2, -0.15) is 0 Å². The summed E-state index contributed by atoms with van der Waals surface area (Å²) in [5, 5.41) is 10.9. The van der Waals surface area contributed by atoms with Crippen molar-refractivity contribution in [3.05, 3.63) is 34.3 Å². The minimum atomic E-state index is -1.60. The summed E-state index contributed by atoms with van der Waals surface area (Å²) in [6.07, 6.45) is 0. The molecule has 1 aromatic carbocycles. The first-order valence-corrected chi connectivity index (χ1v) is 5.35. The van der Waals surface area contributed by atoms with E-state index in [0.717, 1.165) is 0 Å². The van der Waals surface area contributed by atoms with Crippen LogP contribution in [0, 0.1) is 0 Å². The first-order valence-electron chi connectivity index (χ1n) is 5.35. The molecule has 0 spiro atoms. The van der Waals surface area contributed by atoms with Crippen LogP contribution in [0.4, 0.5) is 0 Å². The molecule has 8 nitrogen and oxygen atoms in total. The molecule has 1 unspecified atom stereocenters. The number of aromatic nitrogens is 1. The minimum absolute atomic E-state index is 0.100. The van der Waals surface area contributed by atoms with Gasteiger partial charge in [0.1, 0.15) is 0 Å². The second-order valence-corrected chi connectivity index (χ2v) is 3.88. The number of carbonyl (C=O) groups excluding carboxylic acids is 1. The Bertz CT molecular complexity index is 687. The number of benzene rings is 1. The fourth-order valence-corrected chi connectivity index (χ4v) is 1.52. The number of nitrogens with one attached hydrogen (secondary N) is 2. The summed E-state index contributed by atoms with van der Waals surface area (Å²) in [6, 6.07) is 3.24. The molecule has 1 aromatic heterocycles. The third-order valence-corrected chi connectivity index (χ3v) is 2.50. The number of carboxylic acid groups (broad SMARTS) is 1. The summed E-state index contributed by atoms with van der Waals surface area (Å²) in [7, 11) is 0. The van der Waals surface area contributed by atoms with Crippen LogP contribution < -0.4 is 16.8 Å². The van der Waals surface area contributed by atoms with E-state index in [1.54, 1.807) is 18.2 Å². The van der Waals surface area contributed by atoms with E-state index in [1.165, 1.54) is 0 Å². The van der Waals surface area contributed by atoms with Gasteiger partial charge in [-0.1, -0.05) is 6.07 Å². The number of hydrogen-bond acceptors (Lipinski definition) is 5. The number of carbonyl (C=O) groups is 2. The normalized spacial score (nSPS) is 12.3. The van der Waals surface area contributed by atoms with Gasteiger partial charge in [0.05, 0.1) is 5.52 Å².